The summed E-state index contributed by atoms with van der Waals surface area (Å²) in [7, 11) is 1.33. The number of ether oxygens (including phenoxy) is 1. The number of carbonyl (C=O) groups is 4. The second-order valence-electron chi connectivity index (χ2n) is 9.58. The molecular formula is C27H29N5O5. The van der Waals surface area contributed by atoms with Gasteiger partial charge in [0.25, 0.3) is 5.91 Å². The maximum absolute atomic E-state index is 12.8. The van der Waals surface area contributed by atoms with Crippen LogP contribution in [0.4, 0.5) is 11.4 Å². The van der Waals surface area contributed by atoms with Crippen LogP contribution in [0.1, 0.15) is 24.8 Å². The van der Waals surface area contributed by atoms with Crippen molar-refractivity contribution in [2.75, 3.05) is 37.4 Å². The van der Waals surface area contributed by atoms with Crippen LogP contribution < -0.4 is 21.7 Å². The number of nitrogens with two attached hydrogens (primary N) is 1. The number of esters is 1. The largest absolute Gasteiger partial charge is 0.465 e. The number of rotatable bonds is 5. The second-order valence-corrected chi connectivity index (χ2v) is 9.58. The van der Waals surface area contributed by atoms with Gasteiger partial charge in [-0.05, 0) is 62.7 Å². The molecule has 1 aliphatic carbocycles. The van der Waals surface area contributed by atoms with Crippen molar-refractivity contribution in [2.45, 2.75) is 19.3 Å². The molecule has 192 valence electrons. The first kappa shape index (κ1) is 24.5. The van der Waals surface area contributed by atoms with Crippen LogP contribution in [0.15, 0.2) is 59.0 Å². The molecule has 5 rings (SSSR count). The van der Waals surface area contributed by atoms with E-state index in [1.54, 1.807) is 12.2 Å². The van der Waals surface area contributed by atoms with Crippen molar-refractivity contribution in [2.24, 2.45) is 17.6 Å². The van der Waals surface area contributed by atoms with Crippen molar-refractivity contribution in [3.8, 4) is 0 Å². The van der Waals surface area contributed by atoms with Crippen molar-refractivity contribution >= 4 is 41.1 Å². The molecule has 3 amide bonds. The number of likely N-dealkylation sites (tertiary alicyclic amines) is 1. The zero-order chi connectivity index (χ0) is 26.1. The molecule has 0 bridgehead atoms. The second kappa shape index (κ2) is 10.1. The highest BCUT2D eigenvalue weighted by molar-refractivity contribution is 6.03. The summed E-state index contributed by atoms with van der Waals surface area (Å²) in [5, 5.41) is 9.16. The quantitative estimate of drug-likeness (QED) is 0.353. The number of nitrogens with zero attached hydrogens (tertiary/aromatic N) is 1. The Bertz CT molecular complexity index is 1300. The first-order valence-corrected chi connectivity index (χ1v) is 12.3. The molecular weight excluding hydrogens is 474 g/mol. The number of amides is 3. The summed E-state index contributed by atoms with van der Waals surface area (Å²) in [4.78, 5) is 50.6. The predicted molar refractivity (Wildman–Crippen MR) is 138 cm³/mol. The molecule has 10 heteroatoms. The molecule has 3 aliphatic heterocycles. The van der Waals surface area contributed by atoms with Gasteiger partial charge in [0.05, 0.1) is 19.2 Å². The first-order valence-electron chi connectivity index (χ1n) is 12.3. The van der Waals surface area contributed by atoms with Crippen LogP contribution in [0.25, 0.3) is 6.08 Å². The Labute approximate surface area is 214 Å². The van der Waals surface area contributed by atoms with Gasteiger partial charge in [0.1, 0.15) is 0 Å². The Morgan fingerprint density at radius 3 is 2.68 bits per heavy atom. The maximum Gasteiger partial charge on any atom is 0.337 e. The number of hydrogen-bond donors (Lipinski definition) is 4. The topological polar surface area (TPSA) is 143 Å². The smallest absolute Gasteiger partial charge is 0.337 e. The molecule has 3 heterocycles. The number of allylic oxidation sites excluding steroid dienone is 3. The van der Waals surface area contributed by atoms with Crippen LogP contribution in [0, 0.1) is 11.8 Å². The summed E-state index contributed by atoms with van der Waals surface area (Å²) in [5.41, 5.74) is 10.2. The summed E-state index contributed by atoms with van der Waals surface area (Å²) in [6, 6.07) is 5.56. The van der Waals surface area contributed by atoms with Gasteiger partial charge < -0.3 is 26.4 Å². The maximum atomic E-state index is 12.8. The van der Waals surface area contributed by atoms with E-state index in [0.717, 1.165) is 11.3 Å². The highest BCUT2D eigenvalue weighted by atomic mass is 16.5. The van der Waals surface area contributed by atoms with Gasteiger partial charge in [-0.25, -0.2) is 4.79 Å². The van der Waals surface area contributed by atoms with E-state index >= 15 is 0 Å². The molecule has 1 aromatic carbocycles. The number of primary amides is 1. The lowest BCUT2D eigenvalue weighted by Gasteiger charge is -2.29. The average Bonchev–Trinajstić information content (AvgIpc) is 3.23. The summed E-state index contributed by atoms with van der Waals surface area (Å²) in [5.74, 6) is -1.29. The average molecular weight is 504 g/mol. The molecule has 1 unspecified atom stereocenters. The van der Waals surface area contributed by atoms with Crippen LogP contribution in [0.2, 0.25) is 0 Å². The molecule has 1 aromatic rings. The Hall–Kier alpha value is -4.18. The number of methoxy groups -OCH3 is 1. The van der Waals surface area contributed by atoms with Crippen LogP contribution >= 0.6 is 0 Å². The van der Waals surface area contributed by atoms with E-state index in [1.807, 2.05) is 35.3 Å². The van der Waals surface area contributed by atoms with Gasteiger partial charge in [-0.3, -0.25) is 19.3 Å². The van der Waals surface area contributed by atoms with Crippen molar-refractivity contribution < 1.29 is 23.9 Å². The zero-order valence-electron chi connectivity index (χ0n) is 20.5. The number of piperidine rings is 1. The molecule has 4 aliphatic rings. The molecule has 0 spiro atoms. The van der Waals surface area contributed by atoms with Gasteiger partial charge in [-0.2, -0.15) is 0 Å². The number of benzene rings is 1. The molecule has 2 saturated heterocycles. The summed E-state index contributed by atoms with van der Waals surface area (Å²) >= 11 is 0. The number of carbonyl (C=O) groups excluding carboxylic acids is 4. The Kier molecular flexibility index (Phi) is 6.66. The molecule has 37 heavy (non-hydrogen) atoms. The summed E-state index contributed by atoms with van der Waals surface area (Å²) in [6.45, 7) is 1.59. The SMILES string of the molecule is COC(=O)C1=CCC2C(=C1)NC(=O)/C2=C1/C=Cc2cc(NC(=O)CN3CCC(C(N)=O)CC3)ccc2N1. The molecule has 0 radical (unpaired) electrons. The van der Waals surface area contributed by atoms with Crippen LogP contribution in [0.3, 0.4) is 0 Å². The van der Waals surface area contributed by atoms with Gasteiger partial charge >= 0.3 is 5.97 Å². The standard InChI is InChI=1S/C27H29N5O5/c1-37-27(36)17-2-5-19-22(13-17)31-26(35)24(19)21-6-3-16-12-18(4-7-20(16)30-21)29-23(33)14-32-10-8-15(9-11-32)25(28)34/h2-4,6-7,12-13,15,19,30H,5,8-11,14H2,1H3,(H2,28,34)(H,29,33)(H,31,35)/b24-21-. The van der Waals surface area contributed by atoms with Gasteiger partial charge in [-0.1, -0.05) is 12.2 Å². The minimum Gasteiger partial charge on any atom is -0.465 e. The van der Waals surface area contributed by atoms with Crippen LogP contribution in [-0.4, -0.2) is 55.3 Å². The van der Waals surface area contributed by atoms with Crippen LogP contribution in [0.5, 0.6) is 0 Å². The lowest BCUT2D eigenvalue weighted by Crippen LogP contribution is -2.42. The third-order valence-corrected chi connectivity index (χ3v) is 7.21. The minimum atomic E-state index is -0.429. The fourth-order valence-corrected chi connectivity index (χ4v) is 5.21. The molecule has 0 saturated carbocycles. The van der Waals surface area contributed by atoms with E-state index in [-0.39, 0.29) is 36.1 Å². The van der Waals surface area contributed by atoms with Crippen molar-refractivity contribution in [1.29, 1.82) is 0 Å². The highest BCUT2D eigenvalue weighted by Crippen LogP contribution is 2.38. The number of anilines is 2. The third-order valence-electron chi connectivity index (χ3n) is 7.21. The molecule has 5 N–H and O–H groups in total. The van der Waals surface area contributed by atoms with Gasteiger partial charge in [0.15, 0.2) is 0 Å². The van der Waals surface area contributed by atoms with Crippen molar-refractivity contribution in [3.05, 3.63) is 64.5 Å². The number of nitrogens with one attached hydrogen (secondary N) is 3. The molecule has 1 atom stereocenters. The van der Waals surface area contributed by atoms with Gasteiger partial charge in [0, 0.05) is 45.7 Å². The Morgan fingerprint density at radius 1 is 1.16 bits per heavy atom. The predicted octanol–water partition coefficient (Wildman–Crippen LogP) is 1.65. The lowest BCUT2D eigenvalue weighted by atomic mass is 9.88. The number of hydrogen-bond acceptors (Lipinski definition) is 7. The number of fused-ring (bicyclic) bond motifs is 2. The molecule has 2 fully saturated rings. The van der Waals surface area contributed by atoms with E-state index in [4.69, 9.17) is 10.5 Å². The zero-order valence-corrected chi connectivity index (χ0v) is 20.5. The van der Waals surface area contributed by atoms with Gasteiger partial charge in [0.2, 0.25) is 11.8 Å². The molecule has 0 aromatic heterocycles. The summed E-state index contributed by atoms with van der Waals surface area (Å²) < 4.78 is 4.79. The summed E-state index contributed by atoms with van der Waals surface area (Å²) in [6.07, 6.45) is 9.09. The van der Waals surface area contributed by atoms with E-state index in [2.05, 4.69) is 16.0 Å². The van der Waals surface area contributed by atoms with E-state index in [0.29, 0.717) is 60.6 Å². The van der Waals surface area contributed by atoms with Gasteiger partial charge in [-0.15, -0.1) is 0 Å². The van der Waals surface area contributed by atoms with E-state index in [9.17, 15) is 19.2 Å². The third kappa shape index (κ3) is 5.05. The van der Waals surface area contributed by atoms with Crippen molar-refractivity contribution in [3.63, 3.8) is 0 Å². The van der Waals surface area contributed by atoms with Crippen molar-refractivity contribution in [1.82, 2.24) is 10.2 Å². The Morgan fingerprint density at radius 2 is 1.95 bits per heavy atom. The fourth-order valence-electron chi connectivity index (χ4n) is 5.21. The first-order chi connectivity index (χ1) is 17.8. The highest BCUT2D eigenvalue weighted by Gasteiger charge is 2.37. The lowest BCUT2D eigenvalue weighted by molar-refractivity contribution is -0.135. The fraction of sp³-hybridized carbons (Fsp3) is 0.333. The van der Waals surface area contributed by atoms with E-state index in [1.165, 1.54) is 7.11 Å². The monoisotopic (exact) mass is 503 g/mol. The Balaban J connectivity index is 1.24. The van der Waals surface area contributed by atoms with E-state index < -0.39 is 5.97 Å². The van der Waals surface area contributed by atoms with Crippen LogP contribution in [-0.2, 0) is 23.9 Å². The normalized spacial score (nSPS) is 23.2. The molecule has 10 nitrogen and oxygen atoms in total. The minimum absolute atomic E-state index is 0.107.